The minimum absolute atomic E-state index is 0.0618. The molecule has 0 rings (SSSR count). The van der Waals surface area contributed by atoms with Crippen molar-refractivity contribution < 1.29 is 28.6 Å². The maximum atomic E-state index is 12.9. The van der Waals surface area contributed by atoms with Crippen molar-refractivity contribution in [2.75, 3.05) is 13.2 Å². The topological polar surface area (TPSA) is 78.9 Å². The van der Waals surface area contributed by atoms with Crippen LogP contribution in [-0.2, 0) is 28.6 Å². The van der Waals surface area contributed by atoms with Gasteiger partial charge in [-0.05, 0) is 31.1 Å². The Balaban J connectivity index is 4.29. The second-order valence-electron chi connectivity index (χ2n) is 23.0. The zero-order chi connectivity index (χ0) is 51.1. The quantitative estimate of drug-likeness (QED) is 0.0343. The van der Waals surface area contributed by atoms with Crippen LogP contribution in [0.15, 0.2) is 0 Å². The monoisotopic (exact) mass is 989 g/mol. The lowest BCUT2D eigenvalue weighted by Crippen LogP contribution is -2.30. The first-order valence-electron chi connectivity index (χ1n) is 31.7. The molecule has 0 spiro atoms. The third-order valence-electron chi connectivity index (χ3n) is 14.7. The number of unbranched alkanes of at least 4 members (excludes halogenated alkanes) is 43. The van der Waals surface area contributed by atoms with E-state index in [4.69, 9.17) is 14.2 Å². The van der Waals surface area contributed by atoms with Gasteiger partial charge in [0.15, 0.2) is 6.10 Å². The van der Waals surface area contributed by atoms with Crippen LogP contribution in [0.2, 0.25) is 0 Å². The second kappa shape index (κ2) is 56.7. The molecule has 0 aliphatic heterocycles. The number of rotatable bonds is 58. The summed E-state index contributed by atoms with van der Waals surface area (Å²) in [5.41, 5.74) is 0. The molecule has 0 amide bonds. The average Bonchev–Trinajstić information content (AvgIpc) is 3.33. The maximum Gasteiger partial charge on any atom is 0.306 e. The van der Waals surface area contributed by atoms with E-state index < -0.39 is 6.10 Å². The van der Waals surface area contributed by atoms with Gasteiger partial charge in [-0.25, -0.2) is 0 Å². The fraction of sp³-hybridized carbons (Fsp3) is 0.953. The Morgan fingerprint density at radius 1 is 0.271 bits per heavy atom. The third-order valence-corrected chi connectivity index (χ3v) is 14.7. The first kappa shape index (κ1) is 68.4. The Hall–Kier alpha value is -1.59. The Bertz CT molecular complexity index is 1070. The van der Waals surface area contributed by atoms with Crippen LogP contribution in [0.4, 0.5) is 0 Å². The van der Waals surface area contributed by atoms with Crippen molar-refractivity contribution in [2.24, 2.45) is 11.8 Å². The summed E-state index contributed by atoms with van der Waals surface area (Å²) in [6.07, 6.45) is 62.4. The van der Waals surface area contributed by atoms with Gasteiger partial charge in [-0.15, -0.1) is 0 Å². The average molecular weight is 990 g/mol. The Morgan fingerprint density at radius 3 is 0.700 bits per heavy atom. The Kier molecular flexibility index (Phi) is 55.4. The van der Waals surface area contributed by atoms with E-state index in [1.54, 1.807) is 0 Å². The smallest absolute Gasteiger partial charge is 0.306 e. The van der Waals surface area contributed by atoms with Crippen LogP contribution in [0.1, 0.15) is 362 Å². The van der Waals surface area contributed by atoms with Crippen LogP contribution < -0.4 is 0 Å². The first-order chi connectivity index (χ1) is 34.2. The fourth-order valence-corrected chi connectivity index (χ4v) is 9.93. The van der Waals surface area contributed by atoms with Crippen molar-refractivity contribution in [3.8, 4) is 0 Å². The normalized spacial score (nSPS) is 12.0. The van der Waals surface area contributed by atoms with Crippen molar-refractivity contribution in [3.63, 3.8) is 0 Å². The minimum Gasteiger partial charge on any atom is -0.462 e. The van der Waals surface area contributed by atoms with Crippen LogP contribution in [0.5, 0.6) is 0 Å². The van der Waals surface area contributed by atoms with Gasteiger partial charge in [0, 0.05) is 19.3 Å². The van der Waals surface area contributed by atoms with Gasteiger partial charge < -0.3 is 14.2 Å². The van der Waals surface area contributed by atoms with Crippen LogP contribution >= 0.6 is 0 Å². The molecule has 0 aromatic rings. The molecule has 0 unspecified atom stereocenters. The van der Waals surface area contributed by atoms with Crippen LogP contribution in [-0.4, -0.2) is 37.2 Å². The van der Waals surface area contributed by atoms with E-state index in [1.807, 2.05) is 0 Å². The molecule has 0 aromatic carbocycles. The molecule has 70 heavy (non-hydrogen) atoms. The summed E-state index contributed by atoms with van der Waals surface area (Å²) in [5, 5.41) is 0. The molecule has 0 fully saturated rings. The predicted octanol–water partition coefficient (Wildman–Crippen LogP) is 21.2. The SMILES string of the molecule is CCCCCCCCCCCCCCCCCCCC(=O)OC[C@@H](COC(=O)CCCCCCCCCCCCCCCCCC(C)C)OC(=O)CCCCCCCCCCCCCCCCC(C)C. The number of carbonyl (C=O) groups excluding carboxylic acids is 3. The third kappa shape index (κ3) is 57.3. The van der Waals surface area contributed by atoms with Gasteiger partial charge in [0.2, 0.25) is 0 Å². The molecule has 6 heteroatoms. The zero-order valence-electron chi connectivity index (χ0n) is 48.2. The Morgan fingerprint density at radius 2 is 0.471 bits per heavy atom. The second-order valence-corrected chi connectivity index (χ2v) is 23.0. The Labute approximate surface area is 438 Å². The lowest BCUT2D eigenvalue weighted by Gasteiger charge is -2.18. The van der Waals surface area contributed by atoms with Crippen LogP contribution in [0, 0.1) is 11.8 Å². The molecule has 0 heterocycles. The molecule has 0 radical (unpaired) electrons. The molecule has 0 saturated carbocycles. The summed E-state index contributed by atoms with van der Waals surface area (Å²) in [4.78, 5) is 38.3. The maximum absolute atomic E-state index is 12.9. The molecule has 0 bridgehead atoms. The van der Waals surface area contributed by atoms with Crippen molar-refractivity contribution in [1.29, 1.82) is 0 Å². The van der Waals surface area contributed by atoms with Crippen molar-refractivity contribution >= 4 is 17.9 Å². The molecule has 0 saturated heterocycles. The molecule has 416 valence electrons. The molecule has 0 aliphatic carbocycles. The van der Waals surface area contributed by atoms with E-state index in [-0.39, 0.29) is 31.1 Å². The molecular formula is C64H124O6. The fourth-order valence-electron chi connectivity index (χ4n) is 9.93. The van der Waals surface area contributed by atoms with Gasteiger partial charge >= 0.3 is 17.9 Å². The molecule has 1 atom stereocenters. The van der Waals surface area contributed by atoms with Crippen molar-refractivity contribution in [2.45, 2.75) is 368 Å². The van der Waals surface area contributed by atoms with Gasteiger partial charge in [0.25, 0.3) is 0 Å². The van der Waals surface area contributed by atoms with Gasteiger partial charge in [0.05, 0.1) is 0 Å². The zero-order valence-corrected chi connectivity index (χ0v) is 48.2. The number of hydrogen-bond acceptors (Lipinski definition) is 6. The minimum atomic E-state index is -0.764. The standard InChI is InChI=1S/C64H124O6/c1-6-7-8-9-10-11-12-13-14-15-18-24-29-34-39-44-49-54-62(65)68-57-61(70-64(67)56-51-46-41-36-31-26-21-20-23-28-33-38-43-48-53-60(4)5)58-69-63(66)55-50-45-40-35-30-25-19-16-17-22-27-32-37-42-47-52-59(2)3/h59-61H,6-58H2,1-5H3/t61-/m0/s1. The summed E-state index contributed by atoms with van der Waals surface area (Å²) in [7, 11) is 0. The molecule has 0 aromatic heterocycles. The number of esters is 3. The molecule has 0 aliphatic rings. The number of ether oxygens (including phenoxy) is 3. The summed E-state index contributed by atoms with van der Waals surface area (Å²) < 4.78 is 17.0. The van der Waals surface area contributed by atoms with Crippen molar-refractivity contribution in [3.05, 3.63) is 0 Å². The number of carbonyl (C=O) groups is 3. The lowest BCUT2D eigenvalue weighted by atomic mass is 10.0. The highest BCUT2D eigenvalue weighted by molar-refractivity contribution is 5.71. The highest BCUT2D eigenvalue weighted by Gasteiger charge is 2.19. The van der Waals surface area contributed by atoms with Gasteiger partial charge in [0.1, 0.15) is 13.2 Å². The summed E-state index contributed by atoms with van der Waals surface area (Å²) in [6.45, 7) is 11.5. The largest absolute Gasteiger partial charge is 0.462 e. The molecule has 6 nitrogen and oxygen atoms in total. The van der Waals surface area contributed by atoms with Gasteiger partial charge in [-0.2, -0.15) is 0 Å². The van der Waals surface area contributed by atoms with Crippen LogP contribution in [0.25, 0.3) is 0 Å². The molecular weight excluding hydrogens is 865 g/mol. The van der Waals surface area contributed by atoms with E-state index in [9.17, 15) is 14.4 Å². The van der Waals surface area contributed by atoms with E-state index in [1.165, 1.54) is 250 Å². The van der Waals surface area contributed by atoms with E-state index in [2.05, 4.69) is 34.6 Å². The van der Waals surface area contributed by atoms with Gasteiger partial charge in [-0.1, -0.05) is 324 Å². The number of hydrogen-bond donors (Lipinski definition) is 0. The van der Waals surface area contributed by atoms with Crippen molar-refractivity contribution in [1.82, 2.24) is 0 Å². The van der Waals surface area contributed by atoms with E-state index >= 15 is 0 Å². The first-order valence-corrected chi connectivity index (χ1v) is 31.7. The molecule has 0 N–H and O–H groups in total. The highest BCUT2D eigenvalue weighted by Crippen LogP contribution is 2.19. The highest BCUT2D eigenvalue weighted by atomic mass is 16.6. The van der Waals surface area contributed by atoms with E-state index in [0.29, 0.717) is 19.3 Å². The summed E-state index contributed by atoms with van der Waals surface area (Å²) in [5.74, 6) is 0.861. The van der Waals surface area contributed by atoms with Crippen LogP contribution in [0.3, 0.4) is 0 Å². The van der Waals surface area contributed by atoms with Gasteiger partial charge in [-0.3, -0.25) is 14.4 Å². The van der Waals surface area contributed by atoms with E-state index in [0.717, 1.165) is 69.6 Å². The predicted molar refractivity (Wildman–Crippen MR) is 303 cm³/mol. The lowest BCUT2D eigenvalue weighted by molar-refractivity contribution is -0.167. The summed E-state index contributed by atoms with van der Waals surface area (Å²) >= 11 is 0. The summed E-state index contributed by atoms with van der Waals surface area (Å²) in [6, 6.07) is 0.